The maximum atomic E-state index is 12.7. The molecule has 0 saturated heterocycles. The molecular weight excluding hydrogens is 358 g/mol. The third-order valence-electron chi connectivity index (χ3n) is 3.51. The number of carbonyl (C=O) groups is 2. The minimum Gasteiger partial charge on any atom is -0.472 e. The number of furan rings is 1. The second-order valence-electron chi connectivity index (χ2n) is 5.38. The minimum atomic E-state index is -3.93. The lowest BCUT2D eigenvalue weighted by molar-refractivity contribution is -0.120. The third-order valence-corrected chi connectivity index (χ3v) is 5.49. The molecule has 0 aliphatic carbocycles. The molecule has 0 saturated carbocycles. The molecule has 1 atom stereocenters. The highest BCUT2D eigenvalue weighted by Gasteiger charge is 2.33. The fraction of sp³-hybridized carbons (Fsp3) is 0.235. The van der Waals surface area contributed by atoms with Crippen LogP contribution in [0.1, 0.15) is 15.9 Å². The first-order valence-corrected chi connectivity index (χ1v) is 9.36. The van der Waals surface area contributed by atoms with Gasteiger partial charge in [-0.3, -0.25) is 9.59 Å². The largest absolute Gasteiger partial charge is 0.472 e. The summed E-state index contributed by atoms with van der Waals surface area (Å²) in [6.45, 7) is -0.748. The molecule has 2 N–H and O–H groups in total. The standard InChI is InChI=1S/C17H17N3O5S/c18-7-8-19-17(22)15(10-20-16(21)14-6-9-25-11-14)26(23,24)12-13-4-2-1-3-5-13/h1-6,9,11,15H,8,10,12H2,(H,19,22)(H,20,21). The summed E-state index contributed by atoms with van der Waals surface area (Å²) in [4.78, 5) is 24.2. The summed E-state index contributed by atoms with van der Waals surface area (Å²) in [7, 11) is -3.93. The minimum absolute atomic E-state index is 0.210. The Balaban J connectivity index is 2.15. The number of nitrogens with one attached hydrogen (secondary N) is 2. The van der Waals surface area contributed by atoms with Crippen molar-refractivity contribution in [3.05, 3.63) is 60.1 Å². The van der Waals surface area contributed by atoms with Crippen LogP contribution in [0.25, 0.3) is 0 Å². The predicted octanol–water partition coefficient (Wildman–Crippen LogP) is 0.633. The van der Waals surface area contributed by atoms with Crippen LogP contribution in [0, 0.1) is 11.3 Å². The van der Waals surface area contributed by atoms with Gasteiger partial charge in [-0.1, -0.05) is 30.3 Å². The van der Waals surface area contributed by atoms with Crippen molar-refractivity contribution in [2.24, 2.45) is 0 Å². The van der Waals surface area contributed by atoms with Gasteiger partial charge in [0.25, 0.3) is 5.91 Å². The van der Waals surface area contributed by atoms with Gasteiger partial charge in [-0.2, -0.15) is 5.26 Å². The molecule has 26 heavy (non-hydrogen) atoms. The summed E-state index contributed by atoms with van der Waals surface area (Å²) < 4.78 is 30.2. The summed E-state index contributed by atoms with van der Waals surface area (Å²) in [6, 6.07) is 11.5. The summed E-state index contributed by atoms with van der Waals surface area (Å²) in [5.41, 5.74) is 0.730. The Hall–Kier alpha value is -3.12. The van der Waals surface area contributed by atoms with Gasteiger partial charge in [0.05, 0.1) is 23.6 Å². The van der Waals surface area contributed by atoms with Crippen molar-refractivity contribution in [2.75, 3.05) is 13.1 Å². The topological polar surface area (TPSA) is 129 Å². The number of amides is 2. The van der Waals surface area contributed by atoms with E-state index in [4.69, 9.17) is 9.68 Å². The van der Waals surface area contributed by atoms with Gasteiger partial charge in [-0.15, -0.1) is 0 Å². The van der Waals surface area contributed by atoms with E-state index in [1.54, 1.807) is 36.4 Å². The number of benzene rings is 1. The van der Waals surface area contributed by atoms with Crippen molar-refractivity contribution >= 4 is 21.7 Å². The first-order chi connectivity index (χ1) is 12.4. The number of carbonyl (C=O) groups excluding carboxylic acids is 2. The van der Waals surface area contributed by atoms with E-state index in [9.17, 15) is 18.0 Å². The Kier molecular flexibility index (Phi) is 6.52. The molecule has 0 spiro atoms. The molecule has 1 unspecified atom stereocenters. The van der Waals surface area contributed by atoms with Crippen LogP contribution >= 0.6 is 0 Å². The van der Waals surface area contributed by atoms with Crippen LogP contribution in [0.5, 0.6) is 0 Å². The lowest BCUT2D eigenvalue weighted by Crippen LogP contribution is -2.47. The number of sulfone groups is 1. The van der Waals surface area contributed by atoms with Gasteiger partial charge in [0.15, 0.2) is 15.1 Å². The Morgan fingerprint density at radius 1 is 1.15 bits per heavy atom. The molecule has 0 radical (unpaired) electrons. The Morgan fingerprint density at radius 3 is 2.50 bits per heavy atom. The smallest absolute Gasteiger partial charge is 0.254 e. The van der Waals surface area contributed by atoms with E-state index in [1.807, 2.05) is 0 Å². The molecule has 1 heterocycles. The molecule has 2 aromatic rings. The van der Waals surface area contributed by atoms with Gasteiger partial charge in [0.1, 0.15) is 12.8 Å². The molecule has 0 fully saturated rings. The van der Waals surface area contributed by atoms with E-state index < -0.39 is 33.4 Å². The molecule has 0 aliphatic heterocycles. The zero-order valence-corrected chi connectivity index (χ0v) is 14.5. The monoisotopic (exact) mass is 375 g/mol. The quantitative estimate of drug-likeness (QED) is 0.651. The second kappa shape index (κ2) is 8.82. The highest BCUT2D eigenvalue weighted by atomic mass is 32.2. The normalized spacial score (nSPS) is 12.0. The number of hydrogen-bond donors (Lipinski definition) is 2. The average molecular weight is 375 g/mol. The Morgan fingerprint density at radius 2 is 1.88 bits per heavy atom. The van der Waals surface area contributed by atoms with E-state index >= 15 is 0 Å². The van der Waals surface area contributed by atoms with Crippen LogP contribution in [0.4, 0.5) is 0 Å². The molecule has 2 rings (SSSR count). The van der Waals surface area contributed by atoms with Crippen LogP contribution in [0.2, 0.25) is 0 Å². The van der Waals surface area contributed by atoms with Crippen molar-refractivity contribution in [1.29, 1.82) is 5.26 Å². The maximum Gasteiger partial charge on any atom is 0.254 e. The molecule has 0 bridgehead atoms. The van der Waals surface area contributed by atoms with Crippen molar-refractivity contribution in [3.63, 3.8) is 0 Å². The second-order valence-corrected chi connectivity index (χ2v) is 7.56. The summed E-state index contributed by atoms with van der Waals surface area (Å²) in [6.07, 6.45) is 2.51. The van der Waals surface area contributed by atoms with Crippen LogP contribution in [0.3, 0.4) is 0 Å². The molecular formula is C17H17N3O5S. The first-order valence-electron chi connectivity index (χ1n) is 7.64. The van der Waals surface area contributed by atoms with E-state index in [0.29, 0.717) is 5.56 Å². The highest BCUT2D eigenvalue weighted by Crippen LogP contribution is 2.12. The Bertz CT molecular complexity index is 886. The van der Waals surface area contributed by atoms with Crippen LogP contribution in [0.15, 0.2) is 53.3 Å². The fourth-order valence-corrected chi connectivity index (χ4v) is 3.82. The molecule has 2 amide bonds. The van der Waals surface area contributed by atoms with Crippen LogP contribution in [-0.4, -0.2) is 38.6 Å². The van der Waals surface area contributed by atoms with E-state index in [-0.39, 0.29) is 17.9 Å². The third kappa shape index (κ3) is 5.19. The van der Waals surface area contributed by atoms with Gasteiger partial charge < -0.3 is 15.1 Å². The molecule has 0 aliphatic rings. The molecule has 1 aromatic heterocycles. The molecule has 1 aromatic carbocycles. The van der Waals surface area contributed by atoms with Gasteiger partial charge >= 0.3 is 0 Å². The number of rotatable bonds is 8. The number of nitrogens with zero attached hydrogens (tertiary/aromatic N) is 1. The summed E-state index contributed by atoms with van der Waals surface area (Å²) in [5, 5.41) is 11.7. The zero-order valence-electron chi connectivity index (χ0n) is 13.7. The van der Waals surface area contributed by atoms with Gasteiger partial charge in [-0.05, 0) is 11.6 Å². The van der Waals surface area contributed by atoms with Crippen molar-refractivity contribution in [1.82, 2.24) is 10.6 Å². The highest BCUT2D eigenvalue weighted by molar-refractivity contribution is 7.92. The van der Waals surface area contributed by atoms with Crippen LogP contribution in [-0.2, 0) is 20.4 Å². The lowest BCUT2D eigenvalue weighted by Gasteiger charge is -2.17. The van der Waals surface area contributed by atoms with Crippen molar-refractivity contribution in [3.8, 4) is 6.07 Å². The van der Waals surface area contributed by atoms with Gasteiger partial charge in [-0.25, -0.2) is 8.42 Å². The first kappa shape index (κ1) is 19.2. The van der Waals surface area contributed by atoms with Crippen molar-refractivity contribution in [2.45, 2.75) is 11.0 Å². The Labute approximate surface area is 150 Å². The average Bonchev–Trinajstić information content (AvgIpc) is 3.15. The molecule has 9 heteroatoms. The van der Waals surface area contributed by atoms with Crippen molar-refractivity contribution < 1.29 is 22.4 Å². The number of hydrogen-bond acceptors (Lipinski definition) is 6. The van der Waals surface area contributed by atoms with Gasteiger partial charge in [0, 0.05) is 6.54 Å². The van der Waals surface area contributed by atoms with E-state index in [0.717, 1.165) is 0 Å². The number of nitriles is 1. The molecule has 136 valence electrons. The van der Waals surface area contributed by atoms with Crippen LogP contribution < -0.4 is 10.6 Å². The SMILES string of the molecule is N#CCNC(=O)C(CNC(=O)c1ccoc1)S(=O)(=O)Cc1ccccc1. The van der Waals surface area contributed by atoms with E-state index in [2.05, 4.69) is 10.6 Å². The molecule has 8 nitrogen and oxygen atoms in total. The van der Waals surface area contributed by atoms with Gasteiger partial charge in [0.2, 0.25) is 5.91 Å². The summed E-state index contributed by atoms with van der Waals surface area (Å²) >= 11 is 0. The predicted molar refractivity (Wildman–Crippen MR) is 92.5 cm³/mol. The maximum absolute atomic E-state index is 12.7. The lowest BCUT2D eigenvalue weighted by atomic mass is 10.2. The fourth-order valence-electron chi connectivity index (χ4n) is 2.21. The summed E-state index contributed by atoms with van der Waals surface area (Å²) in [5.74, 6) is -1.76. The van der Waals surface area contributed by atoms with E-state index in [1.165, 1.54) is 18.6 Å². The zero-order chi connectivity index (χ0) is 19.0.